The maximum Gasteiger partial charge on any atom is 0.191 e. The molecule has 6 heteroatoms. The predicted octanol–water partition coefficient (Wildman–Crippen LogP) is 4.22. The molecule has 0 spiro atoms. The first-order chi connectivity index (χ1) is 11.6. The van der Waals surface area contributed by atoms with Gasteiger partial charge in [0.1, 0.15) is 0 Å². The van der Waals surface area contributed by atoms with Crippen LogP contribution in [0.5, 0.6) is 0 Å². The van der Waals surface area contributed by atoms with Gasteiger partial charge in [-0.2, -0.15) is 0 Å². The Balaban J connectivity index is 0.00000312. The zero-order valence-corrected chi connectivity index (χ0v) is 18.6. The maximum atomic E-state index is 6.50. The fourth-order valence-corrected chi connectivity index (χ4v) is 3.48. The number of ether oxygens (including phenoxy) is 1. The van der Waals surface area contributed by atoms with Gasteiger partial charge in [0.25, 0.3) is 0 Å². The maximum absolute atomic E-state index is 6.50. The number of benzene rings is 1. The van der Waals surface area contributed by atoms with Crippen molar-refractivity contribution in [2.45, 2.75) is 38.5 Å². The summed E-state index contributed by atoms with van der Waals surface area (Å²) in [5, 5.41) is 7.74. The number of halogens is 2. The standard InChI is InChI=1S/C19H30ClN3O.HI/c1-15(2)8-11-22-18(21-3)23-14-19(9-12-24-13-10-19)16-6-4-5-7-17(16)20;/h4-7,15H,8-14H2,1-3H3,(H2,21,22,23);1H. The zero-order chi connectivity index (χ0) is 17.4. The van der Waals surface area contributed by atoms with Crippen LogP contribution < -0.4 is 10.6 Å². The topological polar surface area (TPSA) is 45.7 Å². The second-order valence-electron chi connectivity index (χ2n) is 6.91. The summed E-state index contributed by atoms with van der Waals surface area (Å²) in [7, 11) is 1.82. The molecule has 142 valence electrons. The first-order valence-electron chi connectivity index (χ1n) is 8.85. The van der Waals surface area contributed by atoms with E-state index in [0.717, 1.165) is 56.5 Å². The third kappa shape index (κ3) is 6.61. The molecule has 1 fully saturated rings. The van der Waals surface area contributed by atoms with Gasteiger partial charge in [-0.1, -0.05) is 43.6 Å². The molecule has 4 nitrogen and oxygen atoms in total. The second-order valence-corrected chi connectivity index (χ2v) is 7.31. The van der Waals surface area contributed by atoms with E-state index >= 15 is 0 Å². The van der Waals surface area contributed by atoms with Crippen LogP contribution in [0.2, 0.25) is 5.02 Å². The lowest BCUT2D eigenvalue weighted by molar-refractivity contribution is 0.0514. The molecule has 25 heavy (non-hydrogen) atoms. The number of nitrogens with one attached hydrogen (secondary N) is 2. The van der Waals surface area contributed by atoms with Crippen molar-refractivity contribution < 1.29 is 4.74 Å². The van der Waals surface area contributed by atoms with Crippen LogP contribution in [0.15, 0.2) is 29.3 Å². The summed E-state index contributed by atoms with van der Waals surface area (Å²) >= 11 is 6.50. The van der Waals surface area contributed by atoms with Crippen molar-refractivity contribution in [1.82, 2.24) is 10.6 Å². The molecule has 1 aromatic carbocycles. The number of nitrogens with zero attached hydrogens (tertiary/aromatic N) is 1. The Morgan fingerprint density at radius 1 is 1.24 bits per heavy atom. The van der Waals surface area contributed by atoms with E-state index < -0.39 is 0 Å². The van der Waals surface area contributed by atoms with Crippen LogP contribution in [0, 0.1) is 5.92 Å². The number of hydrogen-bond acceptors (Lipinski definition) is 2. The van der Waals surface area contributed by atoms with E-state index in [9.17, 15) is 0 Å². The molecule has 2 rings (SSSR count). The summed E-state index contributed by atoms with van der Waals surface area (Å²) in [6, 6.07) is 8.17. The Bertz CT molecular complexity index is 545. The molecule has 0 bridgehead atoms. The van der Waals surface area contributed by atoms with Crippen molar-refractivity contribution >= 4 is 41.5 Å². The van der Waals surface area contributed by atoms with Crippen LogP contribution >= 0.6 is 35.6 Å². The van der Waals surface area contributed by atoms with Crippen molar-refractivity contribution in [1.29, 1.82) is 0 Å². The van der Waals surface area contributed by atoms with Gasteiger partial charge in [-0.05, 0) is 36.8 Å². The quantitative estimate of drug-likeness (QED) is 0.365. The number of hydrogen-bond donors (Lipinski definition) is 2. The van der Waals surface area contributed by atoms with Crippen molar-refractivity contribution in [2.24, 2.45) is 10.9 Å². The molecule has 0 atom stereocenters. The van der Waals surface area contributed by atoms with Gasteiger partial charge >= 0.3 is 0 Å². The fourth-order valence-electron chi connectivity index (χ4n) is 3.15. The largest absolute Gasteiger partial charge is 0.381 e. The molecule has 0 amide bonds. The number of aliphatic imine (C=N–C) groups is 1. The van der Waals surface area contributed by atoms with Gasteiger partial charge in [0.2, 0.25) is 0 Å². The molecule has 1 heterocycles. The normalized spacial score (nSPS) is 17.1. The molecule has 1 saturated heterocycles. The van der Waals surface area contributed by atoms with Gasteiger partial charge in [-0.15, -0.1) is 24.0 Å². The van der Waals surface area contributed by atoms with Gasteiger partial charge in [0.05, 0.1) is 0 Å². The molecule has 1 aliphatic heterocycles. The lowest BCUT2D eigenvalue weighted by Gasteiger charge is -2.38. The summed E-state index contributed by atoms with van der Waals surface area (Å²) in [6.07, 6.45) is 3.06. The average Bonchev–Trinajstić information content (AvgIpc) is 2.59. The SMILES string of the molecule is CN=C(NCCC(C)C)NCC1(c2ccccc2Cl)CCOCC1.I. The highest BCUT2D eigenvalue weighted by Crippen LogP contribution is 2.38. The van der Waals surface area contributed by atoms with Crippen LogP contribution in [0.25, 0.3) is 0 Å². The Hall–Kier alpha value is -0.530. The number of rotatable bonds is 6. The Kier molecular flexibility index (Phi) is 10.1. The molecule has 2 N–H and O–H groups in total. The lowest BCUT2D eigenvalue weighted by atomic mass is 9.74. The van der Waals surface area contributed by atoms with E-state index in [1.54, 1.807) is 0 Å². The minimum atomic E-state index is -0.00768. The molecule has 0 saturated carbocycles. The summed E-state index contributed by atoms with van der Waals surface area (Å²) in [6.45, 7) is 7.73. The fraction of sp³-hybridized carbons (Fsp3) is 0.632. The van der Waals surface area contributed by atoms with Crippen molar-refractivity contribution in [2.75, 3.05) is 33.4 Å². The van der Waals surface area contributed by atoms with Crippen LogP contribution in [-0.2, 0) is 10.2 Å². The average molecular weight is 480 g/mol. The van der Waals surface area contributed by atoms with E-state index in [-0.39, 0.29) is 29.4 Å². The van der Waals surface area contributed by atoms with Crippen molar-refractivity contribution in [3.8, 4) is 0 Å². The number of guanidine groups is 1. The molecular formula is C19H31ClIN3O. The van der Waals surface area contributed by atoms with E-state index in [1.165, 1.54) is 5.56 Å². The highest BCUT2D eigenvalue weighted by molar-refractivity contribution is 14.0. The molecule has 1 aromatic rings. The highest BCUT2D eigenvalue weighted by Gasteiger charge is 2.36. The molecule has 0 radical (unpaired) electrons. The zero-order valence-electron chi connectivity index (χ0n) is 15.5. The Morgan fingerprint density at radius 3 is 2.52 bits per heavy atom. The summed E-state index contributed by atoms with van der Waals surface area (Å²) in [5.74, 6) is 1.54. The third-order valence-electron chi connectivity index (χ3n) is 4.73. The first-order valence-corrected chi connectivity index (χ1v) is 9.22. The molecule has 0 aromatic heterocycles. The summed E-state index contributed by atoms with van der Waals surface area (Å²) in [5.41, 5.74) is 1.20. The second kappa shape index (κ2) is 11.2. The molecule has 0 aliphatic carbocycles. The monoisotopic (exact) mass is 479 g/mol. The van der Waals surface area contributed by atoms with Crippen molar-refractivity contribution in [3.63, 3.8) is 0 Å². The molecule has 1 aliphatic rings. The molecular weight excluding hydrogens is 449 g/mol. The van der Waals surface area contributed by atoms with Gasteiger partial charge in [0.15, 0.2) is 5.96 Å². The third-order valence-corrected chi connectivity index (χ3v) is 5.06. The Labute approximate surface area is 174 Å². The lowest BCUT2D eigenvalue weighted by Crippen LogP contribution is -2.48. The van der Waals surface area contributed by atoms with Crippen LogP contribution in [0.4, 0.5) is 0 Å². The summed E-state index contributed by atoms with van der Waals surface area (Å²) < 4.78 is 5.59. The molecule has 0 unspecified atom stereocenters. The minimum Gasteiger partial charge on any atom is -0.381 e. The first kappa shape index (κ1) is 22.5. The van der Waals surface area contributed by atoms with Crippen LogP contribution in [0.3, 0.4) is 0 Å². The van der Waals surface area contributed by atoms with Crippen LogP contribution in [0.1, 0.15) is 38.7 Å². The smallest absolute Gasteiger partial charge is 0.191 e. The van der Waals surface area contributed by atoms with E-state index in [4.69, 9.17) is 16.3 Å². The van der Waals surface area contributed by atoms with Crippen LogP contribution in [-0.4, -0.2) is 39.3 Å². The Morgan fingerprint density at radius 2 is 1.92 bits per heavy atom. The van der Waals surface area contributed by atoms with Gasteiger partial charge in [0, 0.05) is 43.8 Å². The highest BCUT2D eigenvalue weighted by atomic mass is 127. The minimum absolute atomic E-state index is 0. The van der Waals surface area contributed by atoms with E-state index in [1.807, 2.05) is 19.2 Å². The summed E-state index contributed by atoms with van der Waals surface area (Å²) in [4.78, 5) is 4.35. The van der Waals surface area contributed by atoms with Gasteiger partial charge < -0.3 is 15.4 Å². The predicted molar refractivity (Wildman–Crippen MR) is 117 cm³/mol. The van der Waals surface area contributed by atoms with Crippen molar-refractivity contribution in [3.05, 3.63) is 34.9 Å². The van der Waals surface area contributed by atoms with E-state index in [0.29, 0.717) is 5.92 Å². The van der Waals surface area contributed by atoms with E-state index in [2.05, 4.69) is 41.6 Å². The van der Waals surface area contributed by atoms with Gasteiger partial charge in [-0.3, -0.25) is 4.99 Å². The van der Waals surface area contributed by atoms with Gasteiger partial charge in [-0.25, -0.2) is 0 Å².